The summed E-state index contributed by atoms with van der Waals surface area (Å²) < 4.78 is 20.5. The fourth-order valence-corrected chi connectivity index (χ4v) is 5.03. The van der Waals surface area contributed by atoms with E-state index in [2.05, 4.69) is 50.6 Å². The van der Waals surface area contributed by atoms with Crippen LogP contribution in [0.15, 0.2) is 40.9 Å². The first-order valence-corrected chi connectivity index (χ1v) is 10.8. The summed E-state index contributed by atoms with van der Waals surface area (Å²) in [6.07, 6.45) is 5.25. The normalized spacial score (nSPS) is 21.8. The van der Waals surface area contributed by atoms with Crippen molar-refractivity contribution < 1.29 is 14.0 Å². The van der Waals surface area contributed by atoms with Crippen LogP contribution >= 0.6 is 28.3 Å². The second-order valence-electron chi connectivity index (χ2n) is 8.13. The predicted octanol–water partition coefficient (Wildman–Crippen LogP) is 5.20. The Morgan fingerprint density at radius 3 is 2.76 bits per heavy atom. The minimum atomic E-state index is -0.292. The molecule has 1 saturated heterocycles. The lowest BCUT2D eigenvalue weighted by Gasteiger charge is -2.38. The molecule has 1 spiro atoms. The zero-order valence-corrected chi connectivity index (χ0v) is 18.5. The van der Waals surface area contributed by atoms with Crippen LogP contribution in [0.5, 0.6) is 11.5 Å². The second-order valence-corrected chi connectivity index (χ2v) is 8.98. The fourth-order valence-electron chi connectivity index (χ4n) is 4.67. The summed E-state index contributed by atoms with van der Waals surface area (Å²) in [6.45, 7) is 3.23. The summed E-state index contributed by atoms with van der Waals surface area (Å²) in [7, 11) is 0. The molecule has 0 amide bonds. The second kappa shape index (κ2) is 8.42. The van der Waals surface area contributed by atoms with Crippen LogP contribution in [0.4, 0.5) is 4.39 Å². The quantitative estimate of drug-likeness (QED) is 0.648. The number of nitrogens with one attached hydrogen (secondary N) is 1. The molecule has 0 radical (unpaired) electrons. The van der Waals surface area contributed by atoms with Crippen LogP contribution in [0.3, 0.4) is 0 Å². The molecule has 3 aliphatic rings. The van der Waals surface area contributed by atoms with Crippen LogP contribution in [0, 0.1) is 5.82 Å². The van der Waals surface area contributed by atoms with E-state index < -0.39 is 0 Å². The van der Waals surface area contributed by atoms with E-state index in [-0.39, 0.29) is 29.9 Å². The number of halogens is 3. The highest BCUT2D eigenvalue weighted by Crippen LogP contribution is 2.41. The van der Waals surface area contributed by atoms with Crippen molar-refractivity contribution in [3.8, 4) is 11.5 Å². The van der Waals surface area contributed by atoms with Crippen molar-refractivity contribution in [2.24, 2.45) is 0 Å². The molecule has 156 valence electrons. The average molecular weight is 484 g/mol. The number of ether oxygens (including phenoxy) is 1. The molecule has 0 bridgehead atoms. The highest BCUT2D eigenvalue weighted by Gasteiger charge is 2.41. The van der Waals surface area contributed by atoms with Crippen molar-refractivity contribution in [2.75, 3.05) is 19.6 Å². The van der Waals surface area contributed by atoms with Gasteiger partial charge in [-0.1, -0.05) is 18.2 Å². The Labute approximate surface area is 185 Å². The van der Waals surface area contributed by atoms with Gasteiger partial charge in [-0.05, 0) is 53.0 Å². The Morgan fingerprint density at radius 2 is 1.97 bits per heavy atom. The van der Waals surface area contributed by atoms with E-state index in [0.717, 1.165) is 63.1 Å². The number of likely N-dealkylation sites (tertiary alicyclic amines) is 1. The van der Waals surface area contributed by atoms with Gasteiger partial charge in [-0.3, -0.25) is 0 Å². The van der Waals surface area contributed by atoms with E-state index in [9.17, 15) is 4.39 Å². The highest BCUT2D eigenvalue weighted by atomic mass is 79.9. The molecule has 1 unspecified atom stereocenters. The van der Waals surface area contributed by atoms with Crippen LogP contribution in [0.2, 0.25) is 0 Å². The van der Waals surface area contributed by atoms with Gasteiger partial charge in [0.1, 0.15) is 17.2 Å². The Morgan fingerprint density at radius 1 is 1.17 bits per heavy atom. The molecule has 29 heavy (non-hydrogen) atoms. The third kappa shape index (κ3) is 4.13. The summed E-state index contributed by atoms with van der Waals surface area (Å²) in [6, 6.07) is 11.8. The van der Waals surface area contributed by atoms with Gasteiger partial charge in [0.15, 0.2) is 5.75 Å². The van der Waals surface area contributed by atoms with Crippen LogP contribution < -0.4 is 15.1 Å². The van der Waals surface area contributed by atoms with Crippen LogP contribution in [-0.4, -0.2) is 30.1 Å². The molecule has 0 aliphatic carbocycles. The molecule has 2 aromatic rings. The summed E-state index contributed by atoms with van der Waals surface area (Å²) in [5.74, 6) is 1.38. The smallest absolute Gasteiger partial charge is 0.155 e. The summed E-state index contributed by atoms with van der Waals surface area (Å²) in [5.41, 5.74) is 5.43. The van der Waals surface area contributed by atoms with Gasteiger partial charge in [0.2, 0.25) is 0 Å². The molecule has 3 heterocycles. The molecule has 4 nitrogen and oxygen atoms in total. The zero-order chi connectivity index (χ0) is 19.1. The van der Waals surface area contributed by atoms with Crippen LogP contribution in [-0.2, 0) is 6.42 Å². The van der Waals surface area contributed by atoms with E-state index in [1.807, 2.05) is 6.07 Å². The third-order valence-corrected chi connectivity index (χ3v) is 6.89. The fraction of sp³-hybridized carbons (Fsp3) is 0.455. The maximum Gasteiger partial charge on any atom is 0.155 e. The van der Waals surface area contributed by atoms with Crippen molar-refractivity contribution in [3.63, 3.8) is 0 Å². The molecule has 7 heteroatoms. The highest BCUT2D eigenvalue weighted by molar-refractivity contribution is 9.10. The predicted molar refractivity (Wildman–Crippen MR) is 116 cm³/mol. The Balaban J connectivity index is 0.00000205. The summed E-state index contributed by atoms with van der Waals surface area (Å²) in [4.78, 5) is 7.98. The number of nitrogens with zero attached hydrogens (tertiary/aromatic N) is 1. The number of benzene rings is 2. The largest absolute Gasteiger partial charge is 0.487 e. The van der Waals surface area contributed by atoms with Crippen molar-refractivity contribution in [1.82, 2.24) is 10.4 Å². The summed E-state index contributed by atoms with van der Waals surface area (Å²) >= 11 is 3.27. The van der Waals surface area contributed by atoms with Crippen molar-refractivity contribution in [3.05, 3.63) is 57.8 Å². The molecular formula is C22H25BrClFN2O2. The zero-order valence-electron chi connectivity index (χ0n) is 16.1. The topological polar surface area (TPSA) is 33.7 Å². The van der Waals surface area contributed by atoms with Gasteiger partial charge in [0.25, 0.3) is 0 Å². The lowest BCUT2D eigenvalue weighted by atomic mass is 9.87. The number of fused-ring (bicyclic) bond motifs is 2. The molecule has 0 aromatic heterocycles. The van der Waals surface area contributed by atoms with Gasteiger partial charge >= 0.3 is 0 Å². The molecule has 1 atom stereocenters. The number of piperidine rings is 1. The van der Waals surface area contributed by atoms with Gasteiger partial charge in [-0.25, -0.2) is 4.39 Å². The molecule has 5 rings (SSSR count). The lowest BCUT2D eigenvalue weighted by molar-refractivity contribution is 0.0187. The molecule has 0 saturated carbocycles. The lowest BCUT2D eigenvalue weighted by Crippen LogP contribution is -2.47. The summed E-state index contributed by atoms with van der Waals surface area (Å²) in [5, 5.41) is 0. The molecule has 1 N–H and O–H groups in total. The minimum Gasteiger partial charge on any atom is -0.487 e. The van der Waals surface area contributed by atoms with E-state index >= 15 is 0 Å². The molecular weight excluding hydrogens is 459 g/mol. The monoisotopic (exact) mass is 482 g/mol. The molecule has 3 aliphatic heterocycles. The van der Waals surface area contributed by atoms with Gasteiger partial charge in [-0.15, -0.1) is 17.9 Å². The number of hydrogen-bond donors (Lipinski definition) is 1. The molecule has 2 aromatic carbocycles. The molecule has 1 fully saturated rings. The third-order valence-electron chi connectivity index (χ3n) is 6.29. The SMILES string of the molecule is Cl.Fc1cc2c(cc1Br)C(CCCN1CCC3(CC1)Cc1ccccc1O3)NO2. The first kappa shape index (κ1) is 20.9. The standard InChI is InChI=1S/C22H24BrFN2O2.ClH/c23-17-12-16-19(25-28-21(16)13-18(17)24)5-3-9-26-10-7-22(8-11-26)14-15-4-1-2-6-20(15)27-22;/h1-2,4,6,12-13,19,25H,3,5,7-11,14H2;1H. The van der Waals surface area contributed by atoms with Gasteiger partial charge in [-0.2, -0.15) is 0 Å². The van der Waals surface area contributed by atoms with E-state index in [1.165, 1.54) is 11.6 Å². The number of rotatable bonds is 4. The van der Waals surface area contributed by atoms with Crippen LogP contribution in [0.25, 0.3) is 0 Å². The maximum absolute atomic E-state index is 13.6. The maximum atomic E-state index is 13.6. The Bertz CT molecular complexity index is 862. The number of para-hydroxylation sites is 1. The van der Waals surface area contributed by atoms with E-state index in [1.54, 1.807) is 0 Å². The van der Waals surface area contributed by atoms with E-state index in [4.69, 9.17) is 9.57 Å². The number of hydroxylamine groups is 1. The average Bonchev–Trinajstić information content (AvgIpc) is 3.25. The first-order valence-electron chi connectivity index (χ1n) is 10.0. The Kier molecular flexibility index (Phi) is 6.07. The van der Waals surface area contributed by atoms with E-state index in [0.29, 0.717) is 10.2 Å². The van der Waals surface area contributed by atoms with Gasteiger partial charge in [0.05, 0.1) is 10.5 Å². The first-order chi connectivity index (χ1) is 13.6. The van der Waals surface area contributed by atoms with Gasteiger partial charge < -0.3 is 14.5 Å². The van der Waals surface area contributed by atoms with Crippen molar-refractivity contribution in [2.45, 2.75) is 43.7 Å². The van der Waals surface area contributed by atoms with Crippen LogP contribution in [0.1, 0.15) is 42.9 Å². The number of hydrogen-bond acceptors (Lipinski definition) is 4. The van der Waals surface area contributed by atoms with Crippen molar-refractivity contribution >= 4 is 28.3 Å². The van der Waals surface area contributed by atoms with Gasteiger partial charge in [0, 0.05) is 44.0 Å². The minimum absolute atomic E-state index is 0. The Hall–Kier alpha value is -1.34. The van der Waals surface area contributed by atoms with Crippen molar-refractivity contribution in [1.29, 1.82) is 0 Å².